The lowest BCUT2D eigenvalue weighted by atomic mass is 10.2. The SMILES string of the molecule is O=C1CSC(=NN=Cc2cc(Cl)ccc2OCc2ccccc2Cl)N1. The summed E-state index contributed by atoms with van der Waals surface area (Å²) in [5, 5.41) is 12.2. The highest BCUT2D eigenvalue weighted by atomic mass is 35.5. The minimum absolute atomic E-state index is 0.0783. The highest BCUT2D eigenvalue weighted by Crippen LogP contribution is 2.24. The van der Waals surface area contributed by atoms with E-state index in [0.717, 1.165) is 5.56 Å². The quantitative estimate of drug-likeness (QED) is 0.613. The van der Waals surface area contributed by atoms with Gasteiger partial charge in [-0.05, 0) is 24.3 Å². The number of hydrogen-bond acceptors (Lipinski definition) is 5. The van der Waals surface area contributed by atoms with Crippen LogP contribution < -0.4 is 10.1 Å². The van der Waals surface area contributed by atoms with Gasteiger partial charge in [0.25, 0.3) is 0 Å². The Hall–Kier alpha value is -2.02. The Kier molecular flexibility index (Phi) is 5.96. The molecule has 128 valence electrons. The summed E-state index contributed by atoms with van der Waals surface area (Å²) < 4.78 is 5.84. The molecule has 0 unspecified atom stereocenters. The zero-order valence-corrected chi connectivity index (χ0v) is 15.2. The van der Waals surface area contributed by atoms with Crippen LogP contribution in [0.15, 0.2) is 52.7 Å². The molecule has 25 heavy (non-hydrogen) atoms. The number of thioether (sulfide) groups is 1. The van der Waals surface area contributed by atoms with Gasteiger partial charge in [0.05, 0.1) is 12.0 Å². The molecule has 1 aliphatic rings. The summed E-state index contributed by atoms with van der Waals surface area (Å²) in [5.74, 6) is 0.888. The molecular formula is C17H13Cl2N3O2S. The molecular weight excluding hydrogens is 381 g/mol. The van der Waals surface area contributed by atoms with Crippen LogP contribution >= 0.6 is 35.0 Å². The van der Waals surface area contributed by atoms with Crippen molar-refractivity contribution in [1.29, 1.82) is 0 Å². The highest BCUT2D eigenvalue weighted by Gasteiger charge is 2.16. The number of hydrogen-bond donors (Lipinski definition) is 1. The molecule has 1 heterocycles. The molecule has 1 fully saturated rings. The number of nitrogens with one attached hydrogen (secondary N) is 1. The molecule has 2 aromatic carbocycles. The fourth-order valence-corrected chi connectivity index (χ4v) is 3.05. The smallest absolute Gasteiger partial charge is 0.236 e. The molecule has 1 aliphatic heterocycles. The summed E-state index contributed by atoms with van der Waals surface area (Å²) in [7, 11) is 0. The summed E-state index contributed by atoms with van der Waals surface area (Å²) in [6, 6.07) is 12.7. The van der Waals surface area contributed by atoms with E-state index < -0.39 is 0 Å². The summed E-state index contributed by atoms with van der Waals surface area (Å²) in [6.07, 6.45) is 1.53. The maximum absolute atomic E-state index is 11.1. The Balaban J connectivity index is 1.74. The second-order valence-electron chi connectivity index (χ2n) is 5.05. The number of amides is 1. The third-order valence-electron chi connectivity index (χ3n) is 3.24. The number of carbonyl (C=O) groups excluding carboxylic acids is 1. The number of halogens is 2. The van der Waals surface area contributed by atoms with Crippen LogP contribution in [0.1, 0.15) is 11.1 Å². The second-order valence-corrected chi connectivity index (χ2v) is 6.86. The first-order chi connectivity index (χ1) is 12.1. The molecule has 0 saturated carbocycles. The van der Waals surface area contributed by atoms with Crippen LogP contribution in [0.3, 0.4) is 0 Å². The predicted octanol–water partition coefficient (Wildman–Crippen LogP) is 4.13. The third-order valence-corrected chi connectivity index (χ3v) is 4.71. The third kappa shape index (κ3) is 4.98. The van der Waals surface area contributed by atoms with Gasteiger partial charge in [0, 0.05) is 21.2 Å². The monoisotopic (exact) mass is 393 g/mol. The topological polar surface area (TPSA) is 63.0 Å². The van der Waals surface area contributed by atoms with Crippen molar-refractivity contribution < 1.29 is 9.53 Å². The molecule has 8 heteroatoms. The van der Waals surface area contributed by atoms with Crippen LogP contribution in [0.2, 0.25) is 10.0 Å². The number of nitrogens with zero attached hydrogens (tertiary/aromatic N) is 2. The Morgan fingerprint density at radius 1 is 1.24 bits per heavy atom. The summed E-state index contributed by atoms with van der Waals surface area (Å²) in [4.78, 5) is 11.1. The van der Waals surface area contributed by atoms with Gasteiger partial charge in [-0.15, -0.1) is 5.10 Å². The summed E-state index contributed by atoms with van der Waals surface area (Å²) in [5.41, 5.74) is 1.56. The average Bonchev–Trinajstić information content (AvgIpc) is 3.01. The van der Waals surface area contributed by atoms with Crippen molar-refractivity contribution in [3.05, 3.63) is 63.6 Å². The Morgan fingerprint density at radius 3 is 2.84 bits per heavy atom. The number of benzene rings is 2. The zero-order chi connectivity index (χ0) is 17.6. The molecule has 3 rings (SSSR count). The molecule has 0 radical (unpaired) electrons. The average molecular weight is 394 g/mol. The molecule has 0 aromatic heterocycles. The van der Waals surface area contributed by atoms with Crippen LogP contribution in [-0.4, -0.2) is 23.0 Å². The van der Waals surface area contributed by atoms with E-state index in [0.29, 0.717) is 38.9 Å². The predicted molar refractivity (Wildman–Crippen MR) is 103 cm³/mol. The zero-order valence-electron chi connectivity index (χ0n) is 12.9. The van der Waals surface area contributed by atoms with E-state index in [1.807, 2.05) is 24.3 Å². The number of amidine groups is 1. The van der Waals surface area contributed by atoms with E-state index in [-0.39, 0.29) is 5.91 Å². The van der Waals surface area contributed by atoms with Crippen LogP contribution in [0, 0.1) is 0 Å². The van der Waals surface area contributed by atoms with Crippen molar-refractivity contribution in [3.63, 3.8) is 0 Å². The molecule has 0 aliphatic carbocycles. The molecule has 1 amide bonds. The fraction of sp³-hybridized carbons (Fsp3) is 0.118. The summed E-state index contributed by atoms with van der Waals surface area (Å²) >= 11 is 13.5. The standard InChI is InChI=1S/C17H13Cl2N3O2S/c18-13-5-6-15(24-9-11-3-1-2-4-14(11)19)12(7-13)8-20-22-17-21-16(23)10-25-17/h1-8H,9-10H2,(H,21,22,23). The lowest BCUT2D eigenvalue weighted by Gasteiger charge is -2.10. The van der Waals surface area contributed by atoms with Crippen molar-refractivity contribution in [3.8, 4) is 5.75 Å². The number of carbonyl (C=O) groups is 1. The van der Waals surface area contributed by atoms with Crippen molar-refractivity contribution in [1.82, 2.24) is 5.32 Å². The van der Waals surface area contributed by atoms with Gasteiger partial charge in [0.1, 0.15) is 12.4 Å². The molecule has 1 N–H and O–H groups in total. The van der Waals surface area contributed by atoms with Crippen LogP contribution in [-0.2, 0) is 11.4 Å². The van der Waals surface area contributed by atoms with E-state index in [2.05, 4.69) is 15.5 Å². The van der Waals surface area contributed by atoms with Gasteiger partial charge in [0.15, 0.2) is 5.17 Å². The van der Waals surface area contributed by atoms with Gasteiger partial charge < -0.3 is 10.1 Å². The van der Waals surface area contributed by atoms with Crippen molar-refractivity contribution in [2.45, 2.75) is 6.61 Å². The van der Waals surface area contributed by atoms with Gasteiger partial charge in [0.2, 0.25) is 5.91 Å². The van der Waals surface area contributed by atoms with Crippen LogP contribution in [0.5, 0.6) is 5.75 Å². The molecule has 5 nitrogen and oxygen atoms in total. The van der Waals surface area contributed by atoms with E-state index >= 15 is 0 Å². The first-order valence-electron chi connectivity index (χ1n) is 7.31. The lowest BCUT2D eigenvalue weighted by molar-refractivity contribution is -0.116. The fourth-order valence-electron chi connectivity index (χ4n) is 2.05. The highest BCUT2D eigenvalue weighted by molar-refractivity contribution is 8.15. The number of rotatable bonds is 5. The molecule has 0 bridgehead atoms. The van der Waals surface area contributed by atoms with Gasteiger partial charge in [-0.2, -0.15) is 5.10 Å². The van der Waals surface area contributed by atoms with Gasteiger partial charge in [-0.1, -0.05) is 53.2 Å². The molecule has 0 atom stereocenters. The van der Waals surface area contributed by atoms with E-state index in [4.69, 9.17) is 27.9 Å². The second kappa shape index (κ2) is 8.38. The van der Waals surface area contributed by atoms with Crippen molar-refractivity contribution in [2.75, 3.05) is 5.75 Å². The minimum atomic E-state index is -0.0783. The first kappa shape index (κ1) is 17.8. The van der Waals surface area contributed by atoms with E-state index in [1.165, 1.54) is 18.0 Å². The van der Waals surface area contributed by atoms with E-state index in [1.54, 1.807) is 18.2 Å². The van der Waals surface area contributed by atoms with Crippen molar-refractivity contribution in [2.24, 2.45) is 10.2 Å². The molecule has 0 spiro atoms. The Labute approximate surface area is 159 Å². The minimum Gasteiger partial charge on any atom is -0.488 e. The maximum atomic E-state index is 11.1. The first-order valence-corrected chi connectivity index (χ1v) is 9.05. The van der Waals surface area contributed by atoms with Gasteiger partial charge >= 0.3 is 0 Å². The lowest BCUT2D eigenvalue weighted by Crippen LogP contribution is -2.19. The van der Waals surface area contributed by atoms with Crippen LogP contribution in [0.4, 0.5) is 0 Å². The van der Waals surface area contributed by atoms with E-state index in [9.17, 15) is 4.79 Å². The summed E-state index contributed by atoms with van der Waals surface area (Å²) in [6.45, 7) is 0.322. The molecule has 1 saturated heterocycles. The number of ether oxygens (including phenoxy) is 1. The van der Waals surface area contributed by atoms with Gasteiger partial charge in [-0.3, -0.25) is 4.79 Å². The molecule has 2 aromatic rings. The van der Waals surface area contributed by atoms with Crippen LogP contribution in [0.25, 0.3) is 0 Å². The Morgan fingerprint density at radius 2 is 2.08 bits per heavy atom. The normalized spacial score (nSPS) is 15.8. The Bertz CT molecular complexity index is 856. The van der Waals surface area contributed by atoms with Crippen molar-refractivity contribution >= 4 is 52.3 Å². The maximum Gasteiger partial charge on any atom is 0.236 e. The largest absolute Gasteiger partial charge is 0.488 e. The van der Waals surface area contributed by atoms with Gasteiger partial charge in [-0.25, -0.2) is 0 Å².